The van der Waals surface area contributed by atoms with E-state index in [-0.39, 0.29) is 31.8 Å². The summed E-state index contributed by atoms with van der Waals surface area (Å²) in [6.07, 6.45) is 4.66. The number of hydrogen-bond donors (Lipinski definition) is 1. The summed E-state index contributed by atoms with van der Waals surface area (Å²) in [6.45, 7) is 3.21. The molecule has 4 rings (SSSR count). The molecule has 5 atom stereocenters. The fourth-order valence-electron chi connectivity index (χ4n) is 6.03. The number of ether oxygens (including phenoxy) is 3. The van der Waals surface area contributed by atoms with Gasteiger partial charge in [-0.2, -0.15) is 0 Å². The Morgan fingerprint density at radius 2 is 1.97 bits per heavy atom. The number of methoxy groups -OCH3 is 1. The molecule has 3 amide bonds. The molecule has 37 heavy (non-hydrogen) atoms. The number of fused-ring (bicyclic) bond motifs is 5. The molecule has 1 heterocycles. The second kappa shape index (κ2) is 10.5. The van der Waals surface area contributed by atoms with Crippen molar-refractivity contribution < 1.29 is 33.4 Å². The molecule has 1 saturated carbocycles. The lowest BCUT2D eigenvalue weighted by molar-refractivity contribution is -0.143. The molecule has 0 aromatic heterocycles. The highest BCUT2D eigenvalue weighted by atomic mass is 35.5. The van der Waals surface area contributed by atoms with Gasteiger partial charge in [0.25, 0.3) is 0 Å². The van der Waals surface area contributed by atoms with Crippen LogP contribution in [0.15, 0.2) is 48.2 Å². The number of anilines is 1. The number of carbonyl (C=O) groups excluding carboxylic acids is 4. The maximum absolute atomic E-state index is 14.2. The molecule has 1 N–H and O–H groups in total. The highest BCUT2D eigenvalue weighted by Crippen LogP contribution is 2.61. The molecule has 2 aliphatic carbocycles. The van der Waals surface area contributed by atoms with Crippen LogP contribution < -0.4 is 10.2 Å². The van der Waals surface area contributed by atoms with Crippen molar-refractivity contribution in [3.8, 4) is 0 Å². The molecule has 0 saturated heterocycles. The lowest BCUT2D eigenvalue weighted by atomic mass is 9.64. The number of benzene rings is 1. The van der Waals surface area contributed by atoms with Gasteiger partial charge in [-0.3, -0.25) is 24.6 Å². The van der Waals surface area contributed by atoms with Crippen LogP contribution in [0.5, 0.6) is 0 Å². The summed E-state index contributed by atoms with van der Waals surface area (Å²) in [4.78, 5) is 53.6. The maximum atomic E-state index is 14.2. The predicted molar refractivity (Wildman–Crippen MR) is 135 cm³/mol. The molecule has 1 fully saturated rings. The molecular weight excluding hydrogens is 502 g/mol. The summed E-state index contributed by atoms with van der Waals surface area (Å²) in [5, 5.41) is 1.94. The number of esters is 1. The molecule has 1 aromatic carbocycles. The van der Waals surface area contributed by atoms with Crippen LogP contribution in [0, 0.1) is 17.8 Å². The van der Waals surface area contributed by atoms with Gasteiger partial charge in [-0.15, -0.1) is 0 Å². The average Bonchev–Trinajstić information content (AvgIpc) is 3.23. The van der Waals surface area contributed by atoms with Crippen LogP contribution in [0.2, 0.25) is 0 Å². The number of halogens is 1. The van der Waals surface area contributed by atoms with Crippen LogP contribution in [0.4, 0.5) is 15.3 Å². The third-order valence-corrected chi connectivity index (χ3v) is 7.64. The molecular formula is C26H30ClN3O7. The van der Waals surface area contributed by atoms with E-state index in [1.165, 1.54) is 18.9 Å². The van der Waals surface area contributed by atoms with Crippen molar-refractivity contribution in [2.45, 2.75) is 25.3 Å². The van der Waals surface area contributed by atoms with E-state index in [1.54, 1.807) is 25.1 Å². The van der Waals surface area contributed by atoms with Crippen molar-refractivity contribution in [3.05, 3.63) is 53.8 Å². The van der Waals surface area contributed by atoms with Crippen LogP contribution in [0.1, 0.15) is 19.4 Å². The predicted octanol–water partition coefficient (Wildman–Crippen LogP) is 3.16. The standard InChI is InChI=1S/C26H30ClN3O7/c1-5-36-25(34)28-12-17-16-10-11-26(19-8-6-7-9-20(19)30(14-35-4)23(26)32)21(17)22(29(3)24(27)33)18(16)13-37-15(2)31/h6-12,16,18,21-22H,5,13-14H2,1-4H3,(H,28,34)/t16-,18-,21+,22+,26+/m0/s1. The first kappa shape index (κ1) is 26.7. The lowest BCUT2D eigenvalue weighted by Gasteiger charge is -2.41. The van der Waals surface area contributed by atoms with Gasteiger partial charge in [0.05, 0.1) is 18.9 Å². The van der Waals surface area contributed by atoms with Crippen molar-refractivity contribution in [1.82, 2.24) is 10.2 Å². The quantitative estimate of drug-likeness (QED) is 0.249. The second-order valence-electron chi connectivity index (χ2n) is 9.23. The summed E-state index contributed by atoms with van der Waals surface area (Å²) in [5.74, 6) is -2.11. The third-order valence-electron chi connectivity index (χ3n) is 7.38. The fraction of sp³-hybridized carbons (Fsp3) is 0.462. The lowest BCUT2D eigenvalue weighted by Crippen LogP contribution is -2.53. The largest absolute Gasteiger partial charge is 0.465 e. The molecule has 1 aliphatic heterocycles. The smallest absolute Gasteiger partial charge is 0.411 e. The number of nitrogens with zero attached hydrogens (tertiary/aromatic N) is 2. The van der Waals surface area contributed by atoms with Crippen LogP contribution in [0.3, 0.4) is 0 Å². The Hall–Kier alpha value is -3.37. The fourth-order valence-corrected chi connectivity index (χ4v) is 6.14. The maximum Gasteiger partial charge on any atom is 0.411 e. The number of para-hydroxylation sites is 1. The highest BCUT2D eigenvalue weighted by molar-refractivity contribution is 6.62. The summed E-state index contributed by atoms with van der Waals surface area (Å²) in [5.41, 5.74) is 0.916. The first-order chi connectivity index (χ1) is 17.7. The number of allylic oxidation sites excluding steroid dienone is 1. The first-order valence-corrected chi connectivity index (χ1v) is 12.3. The Morgan fingerprint density at radius 3 is 2.62 bits per heavy atom. The van der Waals surface area contributed by atoms with Crippen molar-refractivity contribution in [2.75, 3.05) is 39.0 Å². The van der Waals surface area contributed by atoms with Crippen molar-refractivity contribution >= 4 is 40.6 Å². The van der Waals surface area contributed by atoms with Gasteiger partial charge < -0.3 is 19.1 Å². The summed E-state index contributed by atoms with van der Waals surface area (Å²) in [7, 11) is 3.07. The zero-order valence-corrected chi connectivity index (χ0v) is 21.9. The number of alkyl carbamates (subject to hydrolysis) is 1. The third kappa shape index (κ3) is 4.38. The molecule has 0 radical (unpaired) electrons. The Bertz CT molecular complexity index is 1170. The molecule has 11 heteroatoms. The number of hydrogen-bond acceptors (Lipinski definition) is 7. The minimum absolute atomic E-state index is 0.00946. The normalized spacial score (nSPS) is 28.4. The molecule has 0 unspecified atom stereocenters. The minimum Gasteiger partial charge on any atom is -0.465 e. The number of rotatable bonds is 7. The summed E-state index contributed by atoms with van der Waals surface area (Å²) < 4.78 is 15.8. The van der Waals surface area contributed by atoms with E-state index in [4.69, 9.17) is 25.8 Å². The van der Waals surface area contributed by atoms with E-state index in [1.807, 2.05) is 36.4 Å². The van der Waals surface area contributed by atoms with Crippen LogP contribution in [0.25, 0.3) is 0 Å². The number of amides is 3. The van der Waals surface area contributed by atoms with Gasteiger partial charge in [-0.05, 0) is 35.7 Å². The van der Waals surface area contributed by atoms with Crippen LogP contribution >= 0.6 is 11.6 Å². The van der Waals surface area contributed by atoms with E-state index < -0.39 is 40.7 Å². The minimum atomic E-state index is -1.22. The van der Waals surface area contributed by atoms with E-state index in [2.05, 4.69) is 5.32 Å². The zero-order valence-electron chi connectivity index (χ0n) is 21.1. The Labute approximate surface area is 220 Å². The van der Waals surface area contributed by atoms with Crippen molar-refractivity contribution in [3.63, 3.8) is 0 Å². The SMILES string of the molecule is CCOC(=O)NC=C1[C@@H]2[C@H](N(C)C(=O)Cl)[C@@H](COC(C)=O)[C@H]1C=C[C@]21C(=O)N(COC)c2ccccc21. The van der Waals surface area contributed by atoms with Gasteiger partial charge in [-0.25, -0.2) is 4.79 Å². The molecule has 198 valence electrons. The molecule has 1 spiro atoms. The second-order valence-corrected chi connectivity index (χ2v) is 9.55. The summed E-state index contributed by atoms with van der Waals surface area (Å²) in [6, 6.07) is 6.77. The first-order valence-electron chi connectivity index (χ1n) is 12.0. The average molecular weight is 532 g/mol. The van der Waals surface area contributed by atoms with Crippen LogP contribution in [-0.4, -0.2) is 68.4 Å². The van der Waals surface area contributed by atoms with E-state index >= 15 is 0 Å². The van der Waals surface area contributed by atoms with Crippen LogP contribution in [-0.2, 0) is 29.2 Å². The van der Waals surface area contributed by atoms with Crippen molar-refractivity contribution in [1.29, 1.82) is 0 Å². The van der Waals surface area contributed by atoms with Gasteiger partial charge >= 0.3 is 17.4 Å². The molecule has 1 aromatic rings. The van der Waals surface area contributed by atoms with Gasteiger partial charge in [0.1, 0.15) is 12.1 Å². The topological polar surface area (TPSA) is 114 Å². The van der Waals surface area contributed by atoms with Gasteiger partial charge in [0, 0.05) is 51.1 Å². The molecule has 10 nitrogen and oxygen atoms in total. The molecule has 3 aliphatic rings. The van der Waals surface area contributed by atoms with Gasteiger partial charge in [0.2, 0.25) is 5.91 Å². The molecule has 2 bridgehead atoms. The Balaban J connectivity index is 1.93. The van der Waals surface area contributed by atoms with E-state index in [9.17, 15) is 19.2 Å². The Kier molecular flexibility index (Phi) is 7.61. The van der Waals surface area contributed by atoms with Gasteiger partial charge in [-0.1, -0.05) is 30.4 Å². The van der Waals surface area contributed by atoms with E-state index in [0.29, 0.717) is 11.3 Å². The number of carbonyl (C=O) groups is 4. The van der Waals surface area contributed by atoms with Crippen molar-refractivity contribution in [2.24, 2.45) is 17.8 Å². The Morgan fingerprint density at radius 1 is 1.24 bits per heavy atom. The van der Waals surface area contributed by atoms with Gasteiger partial charge in [0.15, 0.2) is 0 Å². The highest BCUT2D eigenvalue weighted by Gasteiger charge is 2.65. The summed E-state index contributed by atoms with van der Waals surface area (Å²) >= 11 is 5.99. The number of nitrogens with one attached hydrogen (secondary N) is 1. The zero-order chi connectivity index (χ0) is 26.9. The monoisotopic (exact) mass is 531 g/mol. The van der Waals surface area contributed by atoms with E-state index in [0.717, 1.165) is 5.56 Å².